The van der Waals surface area contributed by atoms with Gasteiger partial charge in [0.25, 0.3) is 0 Å². The summed E-state index contributed by atoms with van der Waals surface area (Å²) in [6.07, 6.45) is 6.85. The van der Waals surface area contributed by atoms with E-state index in [0.29, 0.717) is 13.1 Å². The second kappa shape index (κ2) is 8.17. The van der Waals surface area contributed by atoms with Crippen LogP contribution in [0.3, 0.4) is 0 Å². The van der Waals surface area contributed by atoms with Crippen LogP contribution in [-0.2, 0) is 9.59 Å². The highest BCUT2D eigenvalue weighted by Crippen LogP contribution is 2.24. The Morgan fingerprint density at radius 1 is 1.14 bits per heavy atom. The highest BCUT2D eigenvalue weighted by atomic mass is 16.2. The van der Waals surface area contributed by atoms with E-state index in [1.165, 1.54) is 0 Å². The van der Waals surface area contributed by atoms with Crippen molar-refractivity contribution in [2.75, 3.05) is 13.1 Å². The maximum atomic E-state index is 12.7. The molecule has 150 valence electrons. The zero-order valence-electron chi connectivity index (χ0n) is 17.2. The summed E-state index contributed by atoms with van der Waals surface area (Å²) in [7, 11) is 0. The standard InChI is InChI=1S/C22H30N4O2/c1-16(17-5-7-19(8-6-17)26-14-11-23-15-26)24-20(27)18-9-12-25(13-10-18)21(28)22(2,3)4/h5-8,11,14-16,18H,9-10,12-13H2,1-4H3,(H,24,27). The molecular formula is C22H30N4O2. The number of carbonyl (C=O) groups is 2. The highest BCUT2D eigenvalue weighted by molar-refractivity contribution is 5.83. The minimum absolute atomic E-state index is 0.0308. The molecule has 6 heteroatoms. The van der Waals surface area contributed by atoms with Crippen molar-refractivity contribution < 1.29 is 9.59 Å². The Morgan fingerprint density at radius 2 is 1.79 bits per heavy atom. The normalized spacial score (nSPS) is 16.6. The van der Waals surface area contributed by atoms with Crippen LogP contribution in [0.15, 0.2) is 43.0 Å². The van der Waals surface area contributed by atoms with Crippen LogP contribution >= 0.6 is 0 Å². The van der Waals surface area contributed by atoms with Gasteiger partial charge in [-0.25, -0.2) is 4.98 Å². The summed E-state index contributed by atoms with van der Waals surface area (Å²) in [5, 5.41) is 3.13. The number of rotatable bonds is 4. The average molecular weight is 383 g/mol. The van der Waals surface area contributed by atoms with Crippen molar-refractivity contribution in [2.45, 2.75) is 46.6 Å². The number of likely N-dealkylation sites (tertiary alicyclic amines) is 1. The first-order valence-corrected chi connectivity index (χ1v) is 9.94. The van der Waals surface area contributed by atoms with Gasteiger partial charge in [0.15, 0.2) is 0 Å². The van der Waals surface area contributed by atoms with Gasteiger partial charge in [-0.1, -0.05) is 32.9 Å². The first-order chi connectivity index (χ1) is 13.3. The van der Waals surface area contributed by atoms with Crippen molar-refractivity contribution in [1.82, 2.24) is 19.8 Å². The lowest BCUT2D eigenvalue weighted by Crippen LogP contribution is -2.46. The van der Waals surface area contributed by atoms with E-state index in [2.05, 4.69) is 10.3 Å². The van der Waals surface area contributed by atoms with Crippen LogP contribution in [0.4, 0.5) is 0 Å². The molecule has 1 aliphatic heterocycles. The summed E-state index contributed by atoms with van der Waals surface area (Å²) in [5.41, 5.74) is 1.74. The van der Waals surface area contributed by atoms with E-state index in [0.717, 1.165) is 24.1 Å². The van der Waals surface area contributed by atoms with Gasteiger partial charge in [0.1, 0.15) is 0 Å². The van der Waals surface area contributed by atoms with Crippen molar-refractivity contribution in [2.24, 2.45) is 11.3 Å². The maximum Gasteiger partial charge on any atom is 0.227 e. The number of imidazole rings is 1. The summed E-state index contributed by atoms with van der Waals surface area (Å²) in [6, 6.07) is 8.06. The smallest absolute Gasteiger partial charge is 0.227 e. The lowest BCUT2D eigenvalue weighted by atomic mass is 9.90. The third kappa shape index (κ3) is 4.61. The molecule has 3 rings (SSSR count). The van der Waals surface area contributed by atoms with E-state index >= 15 is 0 Å². The zero-order valence-corrected chi connectivity index (χ0v) is 17.2. The minimum atomic E-state index is -0.369. The van der Waals surface area contributed by atoms with Crippen molar-refractivity contribution in [3.05, 3.63) is 48.5 Å². The first kappa shape index (κ1) is 20.1. The predicted octanol–water partition coefficient (Wildman–Crippen LogP) is 3.33. The molecule has 1 atom stereocenters. The third-order valence-corrected chi connectivity index (χ3v) is 5.35. The largest absolute Gasteiger partial charge is 0.349 e. The molecule has 1 saturated heterocycles. The summed E-state index contributed by atoms with van der Waals surface area (Å²) < 4.78 is 1.94. The molecule has 1 fully saturated rings. The van der Waals surface area contributed by atoms with Crippen LogP contribution < -0.4 is 5.32 Å². The Hall–Kier alpha value is -2.63. The van der Waals surface area contributed by atoms with Gasteiger partial charge < -0.3 is 14.8 Å². The Kier molecular flexibility index (Phi) is 5.87. The number of hydrogen-bond donors (Lipinski definition) is 1. The quantitative estimate of drug-likeness (QED) is 0.882. The van der Waals surface area contributed by atoms with Gasteiger partial charge in [0.2, 0.25) is 11.8 Å². The summed E-state index contributed by atoms with van der Waals surface area (Å²) in [5.74, 6) is 0.212. The fraction of sp³-hybridized carbons (Fsp3) is 0.500. The van der Waals surface area contributed by atoms with Gasteiger partial charge in [-0.2, -0.15) is 0 Å². The number of nitrogens with zero attached hydrogens (tertiary/aromatic N) is 3. The topological polar surface area (TPSA) is 67.2 Å². The van der Waals surface area contributed by atoms with Crippen LogP contribution in [0.25, 0.3) is 5.69 Å². The molecule has 2 amide bonds. The van der Waals surface area contributed by atoms with Crippen molar-refractivity contribution in [3.8, 4) is 5.69 Å². The van der Waals surface area contributed by atoms with Crippen LogP contribution in [0.2, 0.25) is 0 Å². The van der Waals surface area contributed by atoms with Crippen LogP contribution in [-0.4, -0.2) is 39.4 Å². The molecule has 2 aromatic rings. The number of carbonyl (C=O) groups excluding carboxylic acids is 2. The van der Waals surface area contributed by atoms with Gasteiger partial charge in [-0.3, -0.25) is 9.59 Å². The second-order valence-electron chi connectivity index (χ2n) is 8.61. The molecule has 0 radical (unpaired) electrons. The number of aromatic nitrogens is 2. The Labute approximate surface area is 166 Å². The number of benzene rings is 1. The van der Waals surface area contributed by atoms with E-state index in [1.807, 2.05) is 67.6 Å². The predicted molar refractivity (Wildman–Crippen MR) is 109 cm³/mol. The molecule has 1 aromatic heterocycles. The summed E-state index contributed by atoms with van der Waals surface area (Å²) in [6.45, 7) is 9.13. The summed E-state index contributed by atoms with van der Waals surface area (Å²) in [4.78, 5) is 31.0. The molecule has 2 heterocycles. The second-order valence-corrected chi connectivity index (χ2v) is 8.61. The summed E-state index contributed by atoms with van der Waals surface area (Å²) >= 11 is 0. The van der Waals surface area contributed by atoms with Crippen molar-refractivity contribution >= 4 is 11.8 Å². The number of amides is 2. The van der Waals surface area contributed by atoms with Gasteiger partial charge in [-0.15, -0.1) is 0 Å². The Balaban J connectivity index is 1.53. The van der Waals surface area contributed by atoms with E-state index < -0.39 is 0 Å². The van der Waals surface area contributed by atoms with Gasteiger partial charge in [0, 0.05) is 42.5 Å². The molecule has 0 saturated carbocycles. The van der Waals surface area contributed by atoms with E-state index in [-0.39, 0.29) is 29.2 Å². The zero-order chi connectivity index (χ0) is 20.3. The molecule has 0 bridgehead atoms. The average Bonchev–Trinajstić information content (AvgIpc) is 3.21. The minimum Gasteiger partial charge on any atom is -0.349 e. The SMILES string of the molecule is CC(NC(=O)C1CCN(C(=O)C(C)(C)C)CC1)c1ccc(-n2ccnc2)cc1. The van der Waals surface area contributed by atoms with Gasteiger partial charge in [0.05, 0.1) is 12.4 Å². The van der Waals surface area contributed by atoms with Crippen LogP contribution in [0.1, 0.15) is 52.1 Å². The van der Waals surface area contributed by atoms with E-state index in [1.54, 1.807) is 12.5 Å². The number of piperidine rings is 1. The third-order valence-electron chi connectivity index (χ3n) is 5.35. The lowest BCUT2D eigenvalue weighted by molar-refractivity contribution is -0.142. The molecule has 1 unspecified atom stereocenters. The number of nitrogens with one attached hydrogen (secondary N) is 1. The van der Waals surface area contributed by atoms with E-state index in [9.17, 15) is 9.59 Å². The molecule has 0 aliphatic carbocycles. The van der Waals surface area contributed by atoms with Crippen LogP contribution in [0, 0.1) is 11.3 Å². The Bertz CT molecular complexity index is 798. The molecule has 0 spiro atoms. The number of hydrogen-bond acceptors (Lipinski definition) is 3. The molecule has 1 aromatic carbocycles. The highest BCUT2D eigenvalue weighted by Gasteiger charge is 2.32. The molecular weight excluding hydrogens is 352 g/mol. The van der Waals surface area contributed by atoms with Gasteiger partial charge >= 0.3 is 0 Å². The fourth-order valence-electron chi connectivity index (χ4n) is 3.58. The first-order valence-electron chi connectivity index (χ1n) is 9.94. The monoisotopic (exact) mass is 382 g/mol. The maximum absolute atomic E-state index is 12.7. The van der Waals surface area contributed by atoms with E-state index in [4.69, 9.17) is 0 Å². The molecule has 6 nitrogen and oxygen atoms in total. The molecule has 1 aliphatic rings. The van der Waals surface area contributed by atoms with Gasteiger partial charge in [-0.05, 0) is 37.5 Å². The molecule has 28 heavy (non-hydrogen) atoms. The fourth-order valence-corrected chi connectivity index (χ4v) is 3.58. The van der Waals surface area contributed by atoms with Crippen molar-refractivity contribution in [1.29, 1.82) is 0 Å². The lowest BCUT2D eigenvalue weighted by Gasteiger charge is -2.35. The van der Waals surface area contributed by atoms with Crippen molar-refractivity contribution in [3.63, 3.8) is 0 Å². The van der Waals surface area contributed by atoms with Crippen LogP contribution in [0.5, 0.6) is 0 Å². The molecule has 1 N–H and O–H groups in total. The Morgan fingerprint density at radius 3 is 2.32 bits per heavy atom.